The Bertz CT molecular complexity index is 1110. The molecule has 0 aliphatic rings. The highest BCUT2D eigenvalue weighted by Gasteiger charge is 2.06. The molecule has 0 atom stereocenters. The van der Waals surface area contributed by atoms with E-state index in [0.717, 1.165) is 33.0 Å². The third-order valence-electron chi connectivity index (χ3n) is 4.11. The summed E-state index contributed by atoms with van der Waals surface area (Å²) >= 11 is 1.69. The van der Waals surface area contributed by atoms with Gasteiger partial charge >= 0.3 is 0 Å². The number of thiazole rings is 1. The second-order valence-corrected chi connectivity index (χ2v) is 7.24. The van der Waals surface area contributed by atoms with Crippen molar-refractivity contribution in [1.29, 1.82) is 0 Å². The average Bonchev–Trinajstić information content (AvgIpc) is 3.04. The van der Waals surface area contributed by atoms with Gasteiger partial charge in [0, 0.05) is 5.56 Å². The van der Waals surface area contributed by atoms with Gasteiger partial charge in [-0.25, -0.2) is 4.98 Å². The van der Waals surface area contributed by atoms with E-state index < -0.39 is 0 Å². The number of fused-ring (bicyclic) bond motifs is 1. The van der Waals surface area contributed by atoms with Crippen LogP contribution in [0.2, 0.25) is 0 Å². The molecular formula is C21H17N3OS. The summed E-state index contributed by atoms with van der Waals surface area (Å²) < 4.78 is 1.19. The van der Waals surface area contributed by atoms with Gasteiger partial charge in [0.2, 0.25) is 0 Å². The third-order valence-corrected chi connectivity index (χ3v) is 5.20. The van der Waals surface area contributed by atoms with Crippen LogP contribution in [-0.2, 0) is 0 Å². The Morgan fingerprint density at radius 2 is 1.69 bits per heavy atom. The molecule has 0 aliphatic heterocycles. The molecule has 0 fully saturated rings. The quantitative estimate of drug-likeness (QED) is 0.414. The van der Waals surface area contributed by atoms with Crippen LogP contribution in [0.25, 0.3) is 20.8 Å². The lowest BCUT2D eigenvalue weighted by Gasteiger charge is -2.00. The molecule has 26 heavy (non-hydrogen) atoms. The molecule has 0 aliphatic carbocycles. The summed E-state index contributed by atoms with van der Waals surface area (Å²) in [7, 11) is 0. The number of aromatic hydroxyl groups is 1. The summed E-state index contributed by atoms with van der Waals surface area (Å²) in [6, 6.07) is 19.3. The fourth-order valence-electron chi connectivity index (χ4n) is 2.70. The summed E-state index contributed by atoms with van der Waals surface area (Å²) in [4.78, 5) is 4.73. The monoisotopic (exact) mass is 359 g/mol. The zero-order valence-electron chi connectivity index (χ0n) is 14.5. The number of aryl methyl sites for hydroxylation is 2. The highest BCUT2D eigenvalue weighted by Crippen LogP contribution is 2.32. The topological polar surface area (TPSA) is 57.8 Å². The van der Waals surface area contributed by atoms with Gasteiger partial charge in [-0.1, -0.05) is 6.07 Å². The Labute approximate surface area is 155 Å². The van der Waals surface area contributed by atoms with Crippen molar-refractivity contribution in [2.24, 2.45) is 10.2 Å². The number of phenolic OH excluding ortho intramolecular Hbond substituents is 1. The largest absolute Gasteiger partial charge is 0.508 e. The van der Waals surface area contributed by atoms with Crippen LogP contribution in [-0.4, -0.2) is 10.1 Å². The van der Waals surface area contributed by atoms with Crippen LogP contribution in [0.4, 0.5) is 11.4 Å². The minimum absolute atomic E-state index is 0.233. The molecule has 4 rings (SSSR count). The first-order valence-corrected chi connectivity index (χ1v) is 9.09. The highest BCUT2D eigenvalue weighted by atomic mass is 32.1. The zero-order chi connectivity index (χ0) is 18.1. The number of hydrogen-bond donors (Lipinski definition) is 1. The lowest BCUT2D eigenvalue weighted by atomic mass is 10.2. The van der Waals surface area contributed by atoms with E-state index in [2.05, 4.69) is 35.4 Å². The first kappa shape index (κ1) is 16.4. The normalized spacial score (nSPS) is 11.5. The van der Waals surface area contributed by atoms with Gasteiger partial charge in [0.25, 0.3) is 0 Å². The lowest BCUT2D eigenvalue weighted by molar-refractivity contribution is 0.475. The third kappa shape index (κ3) is 3.34. The first-order valence-electron chi connectivity index (χ1n) is 8.27. The van der Waals surface area contributed by atoms with Crippen molar-refractivity contribution < 1.29 is 5.11 Å². The van der Waals surface area contributed by atoms with E-state index in [4.69, 9.17) is 4.98 Å². The lowest BCUT2D eigenvalue weighted by Crippen LogP contribution is -1.76. The Morgan fingerprint density at radius 1 is 0.885 bits per heavy atom. The molecule has 4 nitrogen and oxygen atoms in total. The van der Waals surface area contributed by atoms with Crippen LogP contribution in [0.5, 0.6) is 5.75 Å². The Kier molecular flexibility index (Phi) is 4.22. The molecule has 0 bridgehead atoms. The van der Waals surface area contributed by atoms with Crippen molar-refractivity contribution >= 4 is 32.9 Å². The average molecular weight is 359 g/mol. The molecule has 0 radical (unpaired) electrons. The Balaban J connectivity index is 1.58. The molecule has 0 amide bonds. The van der Waals surface area contributed by atoms with Crippen LogP contribution in [0.15, 0.2) is 70.9 Å². The minimum atomic E-state index is 0.233. The van der Waals surface area contributed by atoms with E-state index in [-0.39, 0.29) is 5.75 Å². The molecule has 0 spiro atoms. The van der Waals surface area contributed by atoms with E-state index in [0.29, 0.717) is 0 Å². The number of rotatable bonds is 3. The summed E-state index contributed by atoms with van der Waals surface area (Å²) in [5.74, 6) is 0.233. The Hall–Kier alpha value is -3.05. The Morgan fingerprint density at radius 3 is 2.46 bits per heavy atom. The maximum absolute atomic E-state index is 9.45. The van der Waals surface area contributed by atoms with Gasteiger partial charge < -0.3 is 5.11 Å². The van der Waals surface area contributed by atoms with Gasteiger partial charge in [0.15, 0.2) is 0 Å². The van der Waals surface area contributed by atoms with Crippen LogP contribution >= 0.6 is 11.3 Å². The van der Waals surface area contributed by atoms with Crippen molar-refractivity contribution in [2.75, 3.05) is 0 Å². The molecular weight excluding hydrogens is 342 g/mol. The van der Waals surface area contributed by atoms with Crippen molar-refractivity contribution in [2.45, 2.75) is 13.8 Å². The smallest absolute Gasteiger partial charge is 0.124 e. The molecule has 4 aromatic rings. The van der Waals surface area contributed by atoms with E-state index in [1.165, 1.54) is 10.3 Å². The van der Waals surface area contributed by atoms with E-state index >= 15 is 0 Å². The maximum atomic E-state index is 9.45. The fraction of sp³-hybridized carbons (Fsp3) is 0.0952. The molecule has 128 valence electrons. The predicted molar refractivity (Wildman–Crippen MR) is 107 cm³/mol. The SMILES string of the molecule is Cc1ccc2sc(-c3ccc(N=Nc4ccc(O)cc4C)cc3)nc2c1. The predicted octanol–water partition coefficient (Wildman–Crippen LogP) is 6.70. The fourth-order valence-corrected chi connectivity index (χ4v) is 3.65. The summed E-state index contributed by atoms with van der Waals surface area (Å²) in [6.07, 6.45) is 0. The van der Waals surface area contributed by atoms with Gasteiger partial charge in [0.1, 0.15) is 10.8 Å². The van der Waals surface area contributed by atoms with Crippen molar-refractivity contribution in [3.05, 3.63) is 71.8 Å². The summed E-state index contributed by atoms with van der Waals surface area (Å²) in [5, 5.41) is 19.0. The van der Waals surface area contributed by atoms with Gasteiger partial charge in [-0.15, -0.1) is 11.3 Å². The second kappa shape index (κ2) is 6.69. The number of phenols is 1. The molecule has 0 saturated heterocycles. The summed E-state index contributed by atoms with van der Waals surface area (Å²) in [5.41, 5.74) is 5.73. The van der Waals surface area contributed by atoms with Crippen LogP contribution in [0.3, 0.4) is 0 Å². The molecule has 0 unspecified atom stereocenters. The van der Waals surface area contributed by atoms with Crippen molar-refractivity contribution in [1.82, 2.24) is 4.98 Å². The van der Waals surface area contributed by atoms with Crippen LogP contribution < -0.4 is 0 Å². The molecule has 0 saturated carbocycles. The summed E-state index contributed by atoms with van der Waals surface area (Å²) in [6.45, 7) is 3.97. The zero-order valence-corrected chi connectivity index (χ0v) is 15.3. The van der Waals surface area contributed by atoms with E-state index in [1.54, 1.807) is 29.5 Å². The standard InChI is InChI=1S/C21H17N3OS/c1-13-3-10-20-19(11-13)22-21(26-20)15-4-6-16(7-5-15)23-24-18-9-8-17(25)12-14(18)2/h3-12,25H,1-2H3. The molecule has 3 aromatic carbocycles. The van der Waals surface area contributed by atoms with Crippen LogP contribution in [0.1, 0.15) is 11.1 Å². The first-order chi connectivity index (χ1) is 12.6. The number of aromatic nitrogens is 1. The number of nitrogens with zero attached hydrogens (tertiary/aromatic N) is 3. The van der Waals surface area contributed by atoms with E-state index in [1.807, 2.05) is 31.2 Å². The number of azo groups is 1. The van der Waals surface area contributed by atoms with Gasteiger partial charge in [-0.2, -0.15) is 10.2 Å². The number of benzene rings is 3. The molecule has 5 heteroatoms. The maximum Gasteiger partial charge on any atom is 0.124 e. The highest BCUT2D eigenvalue weighted by molar-refractivity contribution is 7.21. The van der Waals surface area contributed by atoms with Crippen molar-refractivity contribution in [3.63, 3.8) is 0 Å². The van der Waals surface area contributed by atoms with Gasteiger partial charge in [0.05, 0.1) is 21.6 Å². The molecule has 1 N–H and O–H groups in total. The minimum Gasteiger partial charge on any atom is -0.508 e. The number of hydrogen-bond acceptors (Lipinski definition) is 5. The molecule has 1 heterocycles. The molecule has 1 aromatic heterocycles. The van der Waals surface area contributed by atoms with E-state index in [9.17, 15) is 5.11 Å². The second-order valence-electron chi connectivity index (χ2n) is 6.21. The van der Waals surface area contributed by atoms with Crippen molar-refractivity contribution in [3.8, 4) is 16.3 Å². The van der Waals surface area contributed by atoms with Gasteiger partial charge in [-0.05, 0) is 79.6 Å². The van der Waals surface area contributed by atoms with Crippen LogP contribution in [0, 0.1) is 13.8 Å². The van der Waals surface area contributed by atoms with Gasteiger partial charge in [-0.3, -0.25) is 0 Å².